The molecule has 1 rings (SSSR count). The minimum absolute atomic E-state index is 0.208. The second kappa shape index (κ2) is 6.96. The number of rotatable bonds is 5. The fourth-order valence-electron chi connectivity index (χ4n) is 1.58. The maximum absolute atomic E-state index is 12.9. The molecule has 5 heteroatoms. The molecule has 100 valence electrons. The molecule has 0 aliphatic carbocycles. The highest BCUT2D eigenvalue weighted by atomic mass is 19.1. The van der Waals surface area contributed by atoms with Crippen LogP contribution in [0.2, 0.25) is 0 Å². The Morgan fingerprint density at radius 2 is 2.22 bits per heavy atom. The molecule has 0 aliphatic heterocycles. The molecule has 0 bridgehead atoms. The number of carbonyl (C=O) groups is 1. The highest BCUT2D eigenvalue weighted by molar-refractivity contribution is 5.90. The van der Waals surface area contributed by atoms with Crippen LogP contribution in [0, 0.1) is 12.7 Å². The van der Waals surface area contributed by atoms with Gasteiger partial charge in [0.15, 0.2) is 0 Å². The van der Waals surface area contributed by atoms with Crippen LogP contribution >= 0.6 is 0 Å². The number of halogens is 1. The molecule has 4 nitrogen and oxygen atoms in total. The summed E-state index contributed by atoms with van der Waals surface area (Å²) in [7, 11) is 0. The van der Waals surface area contributed by atoms with Gasteiger partial charge in [0, 0.05) is 12.2 Å². The molecular formula is C13H19FN2O2. The molecule has 18 heavy (non-hydrogen) atoms. The van der Waals surface area contributed by atoms with E-state index < -0.39 is 12.1 Å². The second-order valence-electron chi connectivity index (χ2n) is 4.24. The molecular weight excluding hydrogens is 235 g/mol. The zero-order valence-corrected chi connectivity index (χ0v) is 10.7. The van der Waals surface area contributed by atoms with Crippen molar-refractivity contribution in [3.8, 4) is 0 Å². The van der Waals surface area contributed by atoms with Gasteiger partial charge in [0.25, 0.3) is 0 Å². The Morgan fingerprint density at radius 3 is 2.83 bits per heavy atom. The number of urea groups is 1. The lowest BCUT2D eigenvalue weighted by Crippen LogP contribution is -2.35. The SMILES string of the molecule is CCCC(O)CNC(=O)Nc1ccc(F)cc1C. The van der Waals surface area contributed by atoms with E-state index in [0.717, 1.165) is 6.42 Å². The molecule has 1 aromatic carbocycles. The predicted octanol–water partition coefficient (Wildman–Crippen LogP) is 2.42. The zero-order valence-electron chi connectivity index (χ0n) is 10.7. The third-order valence-corrected chi connectivity index (χ3v) is 2.56. The summed E-state index contributed by atoms with van der Waals surface area (Å²) in [6.07, 6.45) is 0.979. The van der Waals surface area contributed by atoms with Crippen molar-refractivity contribution in [2.45, 2.75) is 32.8 Å². The lowest BCUT2D eigenvalue weighted by molar-refractivity contribution is 0.162. The summed E-state index contributed by atoms with van der Waals surface area (Å²) in [4.78, 5) is 11.5. The Kier molecular flexibility index (Phi) is 5.58. The Balaban J connectivity index is 2.44. The van der Waals surface area contributed by atoms with Gasteiger partial charge >= 0.3 is 6.03 Å². The summed E-state index contributed by atoms with van der Waals surface area (Å²) in [6.45, 7) is 3.88. The number of aryl methyl sites for hydroxylation is 1. The maximum atomic E-state index is 12.9. The lowest BCUT2D eigenvalue weighted by atomic mass is 10.2. The number of hydrogen-bond donors (Lipinski definition) is 3. The van der Waals surface area contributed by atoms with Crippen LogP contribution in [0.1, 0.15) is 25.3 Å². The lowest BCUT2D eigenvalue weighted by Gasteiger charge is -2.12. The van der Waals surface area contributed by atoms with Gasteiger partial charge in [-0.3, -0.25) is 0 Å². The van der Waals surface area contributed by atoms with Crippen LogP contribution in [-0.2, 0) is 0 Å². The van der Waals surface area contributed by atoms with E-state index in [1.807, 2.05) is 6.92 Å². The van der Waals surface area contributed by atoms with E-state index >= 15 is 0 Å². The Labute approximate surface area is 106 Å². The van der Waals surface area contributed by atoms with E-state index in [0.29, 0.717) is 17.7 Å². The van der Waals surface area contributed by atoms with Gasteiger partial charge in [-0.25, -0.2) is 9.18 Å². The van der Waals surface area contributed by atoms with E-state index in [-0.39, 0.29) is 12.4 Å². The largest absolute Gasteiger partial charge is 0.391 e. The summed E-state index contributed by atoms with van der Waals surface area (Å²) in [5.41, 5.74) is 1.21. The van der Waals surface area contributed by atoms with Crippen molar-refractivity contribution in [3.63, 3.8) is 0 Å². The Bertz CT molecular complexity index is 410. The Morgan fingerprint density at radius 1 is 1.50 bits per heavy atom. The monoisotopic (exact) mass is 254 g/mol. The van der Waals surface area contributed by atoms with Crippen LogP contribution < -0.4 is 10.6 Å². The van der Waals surface area contributed by atoms with Crippen LogP contribution in [0.25, 0.3) is 0 Å². The number of benzene rings is 1. The first-order valence-electron chi connectivity index (χ1n) is 6.02. The van der Waals surface area contributed by atoms with Crippen molar-refractivity contribution in [2.75, 3.05) is 11.9 Å². The topological polar surface area (TPSA) is 61.4 Å². The minimum Gasteiger partial charge on any atom is -0.391 e. The molecule has 0 saturated carbocycles. The quantitative estimate of drug-likeness (QED) is 0.755. The molecule has 0 heterocycles. The number of aliphatic hydroxyl groups is 1. The van der Waals surface area contributed by atoms with E-state index in [1.165, 1.54) is 18.2 Å². The van der Waals surface area contributed by atoms with Gasteiger partial charge in [-0.15, -0.1) is 0 Å². The third kappa shape index (κ3) is 4.71. The zero-order chi connectivity index (χ0) is 13.5. The number of nitrogens with one attached hydrogen (secondary N) is 2. The molecule has 3 N–H and O–H groups in total. The van der Waals surface area contributed by atoms with Gasteiger partial charge < -0.3 is 15.7 Å². The van der Waals surface area contributed by atoms with Crippen LogP contribution in [0.15, 0.2) is 18.2 Å². The van der Waals surface area contributed by atoms with Crippen LogP contribution in [0.4, 0.5) is 14.9 Å². The summed E-state index contributed by atoms with van der Waals surface area (Å²) in [6, 6.07) is 3.74. The molecule has 1 aromatic rings. The summed E-state index contributed by atoms with van der Waals surface area (Å²) in [5.74, 6) is -0.336. The van der Waals surface area contributed by atoms with E-state index in [1.54, 1.807) is 6.92 Å². The molecule has 1 unspecified atom stereocenters. The molecule has 2 amide bonds. The molecule has 0 radical (unpaired) electrons. The van der Waals surface area contributed by atoms with E-state index in [4.69, 9.17) is 0 Å². The number of aliphatic hydroxyl groups excluding tert-OH is 1. The van der Waals surface area contributed by atoms with Gasteiger partial charge in [-0.1, -0.05) is 13.3 Å². The highest BCUT2D eigenvalue weighted by Crippen LogP contribution is 2.15. The third-order valence-electron chi connectivity index (χ3n) is 2.56. The summed E-state index contributed by atoms with van der Waals surface area (Å²) in [5, 5.41) is 14.6. The van der Waals surface area contributed by atoms with Crippen molar-refractivity contribution in [2.24, 2.45) is 0 Å². The summed E-state index contributed by atoms with van der Waals surface area (Å²) >= 11 is 0. The number of amides is 2. The second-order valence-corrected chi connectivity index (χ2v) is 4.24. The van der Waals surface area contributed by atoms with Gasteiger partial charge in [0.1, 0.15) is 5.82 Å². The van der Waals surface area contributed by atoms with Crippen LogP contribution in [0.3, 0.4) is 0 Å². The van der Waals surface area contributed by atoms with Crippen molar-refractivity contribution in [1.82, 2.24) is 5.32 Å². The molecule has 1 atom stereocenters. The fraction of sp³-hybridized carbons (Fsp3) is 0.462. The number of carbonyl (C=O) groups excluding carboxylic acids is 1. The number of anilines is 1. The standard InChI is InChI=1S/C13H19FN2O2/c1-3-4-11(17)8-15-13(18)16-12-6-5-10(14)7-9(12)2/h5-7,11,17H,3-4,8H2,1-2H3,(H2,15,16,18). The summed E-state index contributed by atoms with van der Waals surface area (Å²) < 4.78 is 12.9. The van der Waals surface area contributed by atoms with Gasteiger partial charge in [0.05, 0.1) is 6.10 Å². The molecule has 0 aliphatic rings. The molecule has 0 saturated heterocycles. The van der Waals surface area contributed by atoms with E-state index in [9.17, 15) is 14.3 Å². The first kappa shape index (κ1) is 14.4. The smallest absolute Gasteiger partial charge is 0.319 e. The highest BCUT2D eigenvalue weighted by Gasteiger charge is 2.07. The average molecular weight is 254 g/mol. The van der Waals surface area contributed by atoms with Crippen LogP contribution in [0.5, 0.6) is 0 Å². The first-order chi connectivity index (χ1) is 8.52. The molecule has 0 aromatic heterocycles. The van der Waals surface area contributed by atoms with Crippen LogP contribution in [-0.4, -0.2) is 23.8 Å². The van der Waals surface area contributed by atoms with Crippen molar-refractivity contribution in [3.05, 3.63) is 29.6 Å². The molecule has 0 spiro atoms. The number of hydrogen-bond acceptors (Lipinski definition) is 2. The van der Waals surface area contributed by atoms with E-state index in [2.05, 4.69) is 10.6 Å². The normalized spacial score (nSPS) is 12.0. The first-order valence-corrected chi connectivity index (χ1v) is 6.02. The van der Waals surface area contributed by atoms with Crippen molar-refractivity contribution in [1.29, 1.82) is 0 Å². The van der Waals surface area contributed by atoms with Gasteiger partial charge in [0.2, 0.25) is 0 Å². The Hall–Kier alpha value is -1.62. The minimum atomic E-state index is -0.532. The maximum Gasteiger partial charge on any atom is 0.319 e. The van der Waals surface area contributed by atoms with Crippen molar-refractivity contribution >= 4 is 11.7 Å². The van der Waals surface area contributed by atoms with Gasteiger partial charge in [-0.2, -0.15) is 0 Å². The average Bonchev–Trinajstić information content (AvgIpc) is 2.31. The molecule has 0 fully saturated rings. The van der Waals surface area contributed by atoms with Crippen molar-refractivity contribution < 1.29 is 14.3 Å². The van der Waals surface area contributed by atoms with Gasteiger partial charge in [-0.05, 0) is 37.1 Å². The predicted molar refractivity (Wildman–Crippen MR) is 69.1 cm³/mol. The fourth-order valence-corrected chi connectivity index (χ4v) is 1.58.